The number of imidazole rings is 1. The highest BCUT2D eigenvalue weighted by Crippen LogP contribution is 2.31. The number of nitrogens with two attached hydrogens (primary N) is 1. The maximum absolute atomic E-state index is 5.59. The number of nitrogens with one attached hydrogen (secondary N) is 2. The van der Waals surface area contributed by atoms with Crippen LogP contribution in [0.25, 0.3) is 22.2 Å². The topological polar surface area (TPSA) is 70.5 Å². The lowest BCUT2D eigenvalue weighted by molar-refractivity contribution is 0.950. The molecule has 0 aliphatic carbocycles. The normalized spacial score (nSPS) is 11.3. The Kier molecular flexibility index (Phi) is 2.45. The molecule has 0 fully saturated rings. The van der Waals surface area contributed by atoms with Gasteiger partial charge in [0.05, 0.1) is 18.4 Å². The molecule has 18 heavy (non-hydrogen) atoms. The molecule has 92 valence electrons. The van der Waals surface area contributed by atoms with Crippen LogP contribution in [0.15, 0.2) is 24.4 Å². The monoisotopic (exact) mass is 240 g/mol. The minimum Gasteiger partial charge on any atom is -0.358 e. The van der Waals surface area contributed by atoms with Crippen molar-refractivity contribution in [2.45, 2.75) is 20.4 Å². The molecule has 4 N–H and O–H groups in total. The van der Waals surface area contributed by atoms with Gasteiger partial charge in [0.15, 0.2) is 0 Å². The van der Waals surface area contributed by atoms with Crippen LogP contribution in [0.5, 0.6) is 0 Å². The number of nitrogens with zero attached hydrogens (tertiary/aromatic N) is 1. The van der Waals surface area contributed by atoms with Crippen LogP contribution < -0.4 is 5.73 Å². The molecule has 0 spiro atoms. The van der Waals surface area contributed by atoms with Crippen LogP contribution in [0.1, 0.15) is 17.1 Å². The van der Waals surface area contributed by atoms with Gasteiger partial charge in [-0.25, -0.2) is 4.98 Å². The summed E-state index contributed by atoms with van der Waals surface area (Å²) in [6.45, 7) is 4.60. The van der Waals surface area contributed by atoms with E-state index in [0.29, 0.717) is 6.54 Å². The van der Waals surface area contributed by atoms with Gasteiger partial charge in [-0.3, -0.25) is 0 Å². The number of aromatic nitrogens is 3. The third-order valence-electron chi connectivity index (χ3n) is 3.23. The number of fused-ring (bicyclic) bond motifs is 1. The molecule has 0 bridgehead atoms. The number of aromatic amines is 2. The van der Waals surface area contributed by atoms with Gasteiger partial charge in [-0.2, -0.15) is 0 Å². The predicted octanol–water partition coefficient (Wildman–Crippen LogP) is 2.63. The van der Waals surface area contributed by atoms with Gasteiger partial charge in [0.25, 0.3) is 0 Å². The van der Waals surface area contributed by atoms with Crippen LogP contribution in [-0.4, -0.2) is 15.0 Å². The fraction of sp³-hybridized carbons (Fsp3) is 0.214. The van der Waals surface area contributed by atoms with Crippen molar-refractivity contribution in [2.75, 3.05) is 0 Å². The molecule has 0 unspecified atom stereocenters. The number of H-pyrrole nitrogens is 2. The molecule has 0 radical (unpaired) electrons. The Morgan fingerprint density at radius 1 is 1.22 bits per heavy atom. The fourth-order valence-electron chi connectivity index (χ4n) is 2.39. The van der Waals surface area contributed by atoms with E-state index in [-0.39, 0.29) is 0 Å². The highest BCUT2D eigenvalue weighted by atomic mass is 14.9. The zero-order valence-electron chi connectivity index (χ0n) is 10.5. The Morgan fingerprint density at radius 2 is 2.06 bits per heavy atom. The fourth-order valence-corrected chi connectivity index (χ4v) is 2.39. The number of hydrogen-bond acceptors (Lipinski definition) is 2. The second-order valence-electron chi connectivity index (χ2n) is 4.62. The van der Waals surface area contributed by atoms with Crippen LogP contribution in [-0.2, 0) is 6.54 Å². The van der Waals surface area contributed by atoms with Gasteiger partial charge in [0.1, 0.15) is 5.82 Å². The number of hydrogen-bond donors (Lipinski definition) is 3. The zero-order valence-corrected chi connectivity index (χ0v) is 10.5. The van der Waals surface area contributed by atoms with Crippen molar-refractivity contribution in [1.29, 1.82) is 0 Å². The molecule has 3 rings (SSSR count). The number of aryl methyl sites for hydroxylation is 2. The number of rotatable bonds is 2. The molecule has 4 nitrogen and oxygen atoms in total. The Hall–Kier alpha value is -2.07. The Balaban J connectivity index is 2.24. The van der Waals surface area contributed by atoms with E-state index in [4.69, 9.17) is 5.73 Å². The quantitative estimate of drug-likeness (QED) is 0.644. The largest absolute Gasteiger partial charge is 0.358 e. The average Bonchev–Trinajstić information content (AvgIpc) is 2.91. The van der Waals surface area contributed by atoms with Crippen molar-refractivity contribution in [1.82, 2.24) is 15.0 Å². The van der Waals surface area contributed by atoms with Gasteiger partial charge in [-0.05, 0) is 25.5 Å². The second kappa shape index (κ2) is 3.99. The zero-order chi connectivity index (χ0) is 12.7. The molecule has 1 aromatic carbocycles. The first-order valence-corrected chi connectivity index (χ1v) is 6.02. The smallest absolute Gasteiger partial charge is 0.120 e. The summed E-state index contributed by atoms with van der Waals surface area (Å²) in [5.41, 5.74) is 11.3. The SMILES string of the molecule is Cc1ccc2c(-c3cnc(CN)[nH]3)c(C)[nH]c2c1. The molecule has 0 saturated heterocycles. The molecule has 2 heterocycles. The number of benzene rings is 1. The van der Waals surface area contributed by atoms with E-state index in [9.17, 15) is 0 Å². The Morgan fingerprint density at radius 3 is 2.78 bits per heavy atom. The first-order chi connectivity index (χ1) is 8.69. The minimum absolute atomic E-state index is 0.431. The standard InChI is InChI=1S/C14H16N4/c1-8-3-4-10-11(5-8)17-9(2)14(10)12-7-16-13(6-15)18-12/h3-5,7,17H,6,15H2,1-2H3,(H,16,18). The Labute approximate surface area is 105 Å². The molecule has 0 saturated carbocycles. The summed E-state index contributed by atoms with van der Waals surface area (Å²) in [6, 6.07) is 6.43. The van der Waals surface area contributed by atoms with E-state index in [1.54, 1.807) is 0 Å². The lowest BCUT2D eigenvalue weighted by Crippen LogP contribution is -1.97. The average molecular weight is 240 g/mol. The molecule has 2 aromatic heterocycles. The predicted molar refractivity (Wildman–Crippen MR) is 73.2 cm³/mol. The van der Waals surface area contributed by atoms with Crippen LogP contribution in [0.4, 0.5) is 0 Å². The van der Waals surface area contributed by atoms with E-state index in [2.05, 4.69) is 47.0 Å². The van der Waals surface area contributed by atoms with E-state index in [1.165, 1.54) is 16.5 Å². The van der Waals surface area contributed by atoms with Crippen molar-refractivity contribution in [3.8, 4) is 11.3 Å². The Bertz CT molecular complexity index is 706. The molecule has 3 aromatic rings. The summed E-state index contributed by atoms with van der Waals surface area (Å²) in [6.07, 6.45) is 1.84. The van der Waals surface area contributed by atoms with Crippen molar-refractivity contribution in [3.63, 3.8) is 0 Å². The maximum atomic E-state index is 5.59. The maximum Gasteiger partial charge on any atom is 0.120 e. The van der Waals surface area contributed by atoms with Gasteiger partial charge in [0, 0.05) is 22.2 Å². The van der Waals surface area contributed by atoms with Crippen molar-refractivity contribution >= 4 is 10.9 Å². The van der Waals surface area contributed by atoms with E-state index in [1.807, 2.05) is 6.20 Å². The molecule has 0 aliphatic heterocycles. The van der Waals surface area contributed by atoms with Gasteiger partial charge in [-0.1, -0.05) is 12.1 Å². The van der Waals surface area contributed by atoms with E-state index >= 15 is 0 Å². The summed E-state index contributed by atoms with van der Waals surface area (Å²) >= 11 is 0. The summed E-state index contributed by atoms with van der Waals surface area (Å²) in [5.74, 6) is 0.811. The highest BCUT2D eigenvalue weighted by Gasteiger charge is 2.12. The first-order valence-electron chi connectivity index (χ1n) is 6.02. The van der Waals surface area contributed by atoms with Gasteiger partial charge in [0.2, 0.25) is 0 Å². The first kappa shape index (κ1) is 11.0. The minimum atomic E-state index is 0.431. The third kappa shape index (κ3) is 1.62. The van der Waals surface area contributed by atoms with Crippen molar-refractivity contribution < 1.29 is 0 Å². The van der Waals surface area contributed by atoms with Gasteiger partial charge < -0.3 is 15.7 Å². The second-order valence-corrected chi connectivity index (χ2v) is 4.62. The van der Waals surface area contributed by atoms with Crippen molar-refractivity contribution in [3.05, 3.63) is 41.5 Å². The summed E-state index contributed by atoms with van der Waals surface area (Å²) < 4.78 is 0. The summed E-state index contributed by atoms with van der Waals surface area (Å²) in [7, 11) is 0. The van der Waals surface area contributed by atoms with E-state index < -0.39 is 0 Å². The lowest BCUT2D eigenvalue weighted by atomic mass is 10.1. The van der Waals surface area contributed by atoms with Crippen LogP contribution in [0, 0.1) is 13.8 Å². The van der Waals surface area contributed by atoms with Gasteiger partial charge in [-0.15, -0.1) is 0 Å². The molecular weight excluding hydrogens is 224 g/mol. The van der Waals surface area contributed by atoms with Crippen LogP contribution >= 0.6 is 0 Å². The van der Waals surface area contributed by atoms with Crippen molar-refractivity contribution in [2.24, 2.45) is 5.73 Å². The molecule has 4 heteroatoms. The molecule has 0 atom stereocenters. The molecule has 0 amide bonds. The molecule has 0 aliphatic rings. The lowest BCUT2D eigenvalue weighted by Gasteiger charge is -1.98. The van der Waals surface area contributed by atoms with Crippen LogP contribution in [0.3, 0.4) is 0 Å². The third-order valence-corrected chi connectivity index (χ3v) is 3.23. The summed E-state index contributed by atoms with van der Waals surface area (Å²) in [5, 5.41) is 1.21. The van der Waals surface area contributed by atoms with E-state index in [0.717, 1.165) is 22.7 Å². The summed E-state index contributed by atoms with van der Waals surface area (Å²) in [4.78, 5) is 10.9. The van der Waals surface area contributed by atoms with Gasteiger partial charge >= 0.3 is 0 Å². The molecular formula is C14H16N4. The van der Waals surface area contributed by atoms with Crippen LogP contribution in [0.2, 0.25) is 0 Å². The highest BCUT2D eigenvalue weighted by molar-refractivity contribution is 5.96.